The van der Waals surface area contributed by atoms with Crippen LogP contribution in [-0.4, -0.2) is 13.4 Å². The number of hydrogen-bond donors (Lipinski definition) is 0. The van der Waals surface area contributed by atoms with E-state index in [0.717, 1.165) is 22.6 Å². The Hall–Kier alpha value is -2.69. The quantitative estimate of drug-likeness (QED) is 0.738. The van der Waals surface area contributed by atoms with Gasteiger partial charge in [0.25, 0.3) is 6.29 Å². The van der Waals surface area contributed by atoms with Gasteiger partial charge in [-0.05, 0) is 17.7 Å². The highest BCUT2D eigenvalue weighted by Crippen LogP contribution is 2.47. The van der Waals surface area contributed by atoms with Crippen LogP contribution >= 0.6 is 0 Å². The lowest BCUT2D eigenvalue weighted by Gasteiger charge is -2.10. The lowest BCUT2D eigenvalue weighted by atomic mass is 9.97. The summed E-state index contributed by atoms with van der Waals surface area (Å²) in [5, 5.41) is 2.32. The van der Waals surface area contributed by atoms with Crippen molar-refractivity contribution in [2.45, 2.75) is 18.6 Å². The van der Waals surface area contributed by atoms with Crippen LogP contribution in [0.25, 0.3) is 23.1 Å². The van der Waals surface area contributed by atoms with Crippen LogP contribution < -0.4 is 25.5 Å². The third kappa shape index (κ3) is 1.31. The number of benzene rings is 1. The summed E-state index contributed by atoms with van der Waals surface area (Å²) in [5.41, 5.74) is 1.07. The Bertz CT molecular complexity index is 1030. The molecule has 2 unspecified atom stereocenters. The Morgan fingerprint density at radius 3 is 3.00 bits per heavy atom. The van der Waals surface area contributed by atoms with E-state index in [1.807, 2.05) is 24.3 Å². The SMILES string of the molecule is COc1cc2c(c3oc(=O)c4c(c13)=CCC=4)C1C=COC1O2. The lowest BCUT2D eigenvalue weighted by Crippen LogP contribution is -2.36. The van der Waals surface area contributed by atoms with E-state index in [0.29, 0.717) is 22.3 Å². The maximum atomic E-state index is 12.3. The third-order valence-corrected chi connectivity index (χ3v) is 4.45. The molecule has 5 nitrogen and oxygen atoms in total. The minimum atomic E-state index is -0.389. The van der Waals surface area contributed by atoms with Gasteiger partial charge >= 0.3 is 5.63 Å². The molecule has 0 saturated carbocycles. The highest BCUT2D eigenvalue weighted by Gasteiger charge is 2.40. The van der Waals surface area contributed by atoms with Crippen molar-refractivity contribution in [2.75, 3.05) is 7.11 Å². The number of fused-ring (bicyclic) bond motifs is 7. The first kappa shape index (κ1) is 11.9. The molecule has 0 fully saturated rings. The van der Waals surface area contributed by atoms with Gasteiger partial charge in [-0.2, -0.15) is 0 Å². The molecule has 2 aromatic rings. The van der Waals surface area contributed by atoms with Gasteiger partial charge in [-0.25, -0.2) is 4.79 Å². The highest BCUT2D eigenvalue weighted by molar-refractivity contribution is 5.91. The van der Waals surface area contributed by atoms with Crippen molar-refractivity contribution in [1.82, 2.24) is 0 Å². The average Bonchev–Trinajstić information content (AvgIpc) is 3.20. The molecule has 3 heterocycles. The number of rotatable bonds is 1. The van der Waals surface area contributed by atoms with Gasteiger partial charge in [-0.3, -0.25) is 0 Å². The summed E-state index contributed by atoms with van der Waals surface area (Å²) in [6.45, 7) is 0. The van der Waals surface area contributed by atoms with Crippen molar-refractivity contribution >= 4 is 23.1 Å². The smallest absolute Gasteiger partial charge is 0.343 e. The van der Waals surface area contributed by atoms with Gasteiger partial charge < -0.3 is 18.6 Å². The molecule has 0 radical (unpaired) electrons. The lowest BCUT2D eigenvalue weighted by molar-refractivity contribution is -0.00484. The second-order valence-corrected chi connectivity index (χ2v) is 5.53. The monoisotopic (exact) mass is 296 g/mol. The van der Waals surface area contributed by atoms with Crippen LogP contribution in [0.5, 0.6) is 11.5 Å². The molecule has 1 aromatic heterocycles. The molecule has 0 saturated heterocycles. The topological polar surface area (TPSA) is 57.9 Å². The number of methoxy groups -OCH3 is 1. The summed E-state index contributed by atoms with van der Waals surface area (Å²) in [6, 6.07) is 1.85. The van der Waals surface area contributed by atoms with Crippen molar-refractivity contribution in [3.63, 3.8) is 0 Å². The molecule has 0 spiro atoms. The van der Waals surface area contributed by atoms with Crippen LogP contribution in [0, 0.1) is 0 Å². The molecule has 0 bridgehead atoms. The Morgan fingerprint density at radius 1 is 1.27 bits per heavy atom. The predicted octanol–water partition coefficient (Wildman–Crippen LogP) is 1.11. The summed E-state index contributed by atoms with van der Waals surface area (Å²) < 4.78 is 22.4. The van der Waals surface area contributed by atoms with E-state index in [1.54, 1.807) is 13.4 Å². The minimum absolute atomic E-state index is 0.0602. The molecule has 0 N–H and O–H groups in total. The third-order valence-electron chi connectivity index (χ3n) is 4.45. The normalized spacial score (nSPS) is 23.1. The molecule has 5 rings (SSSR count). The molecule has 3 aliphatic rings. The first-order valence-electron chi connectivity index (χ1n) is 7.15. The van der Waals surface area contributed by atoms with E-state index >= 15 is 0 Å². The molecule has 2 atom stereocenters. The van der Waals surface area contributed by atoms with Gasteiger partial charge in [0.2, 0.25) is 0 Å². The fourth-order valence-corrected chi connectivity index (χ4v) is 3.50. The van der Waals surface area contributed by atoms with E-state index in [-0.39, 0.29) is 17.8 Å². The molecule has 1 aromatic carbocycles. The molecule has 22 heavy (non-hydrogen) atoms. The van der Waals surface area contributed by atoms with E-state index in [4.69, 9.17) is 18.6 Å². The van der Waals surface area contributed by atoms with Crippen molar-refractivity contribution in [2.24, 2.45) is 0 Å². The van der Waals surface area contributed by atoms with E-state index < -0.39 is 0 Å². The van der Waals surface area contributed by atoms with Gasteiger partial charge in [0.1, 0.15) is 11.5 Å². The Balaban J connectivity index is 2.01. The standard InChI is InChI=1S/C17H12O5/c1-19-11-7-12-14(10-5-6-20-17(10)21-12)15-13(11)8-3-2-4-9(8)16(18)22-15/h3-7,10,17H,2H2,1H3. The zero-order valence-corrected chi connectivity index (χ0v) is 11.8. The van der Waals surface area contributed by atoms with Gasteiger partial charge in [-0.15, -0.1) is 0 Å². The molecule has 5 heteroatoms. The van der Waals surface area contributed by atoms with E-state index in [9.17, 15) is 4.79 Å². The summed E-state index contributed by atoms with van der Waals surface area (Å²) in [7, 11) is 1.60. The Kier molecular flexibility index (Phi) is 2.13. The van der Waals surface area contributed by atoms with E-state index in [1.165, 1.54) is 0 Å². The maximum Gasteiger partial charge on any atom is 0.343 e. The van der Waals surface area contributed by atoms with Gasteiger partial charge in [0.05, 0.1) is 35.5 Å². The first-order chi connectivity index (χ1) is 10.8. The predicted molar refractivity (Wildman–Crippen MR) is 79.2 cm³/mol. The Labute approximate surface area is 124 Å². The van der Waals surface area contributed by atoms with Gasteiger partial charge in [0.15, 0.2) is 5.58 Å². The fraction of sp³-hybridized carbons (Fsp3) is 0.235. The summed E-state index contributed by atoms with van der Waals surface area (Å²) in [6.07, 6.45) is 7.79. The van der Waals surface area contributed by atoms with Crippen molar-refractivity contribution in [3.05, 3.63) is 44.8 Å². The highest BCUT2D eigenvalue weighted by atomic mass is 16.7. The van der Waals surface area contributed by atoms with Crippen LogP contribution in [0.3, 0.4) is 0 Å². The average molecular weight is 296 g/mol. The molecule has 1 aliphatic carbocycles. The van der Waals surface area contributed by atoms with Crippen LogP contribution in [0.4, 0.5) is 0 Å². The van der Waals surface area contributed by atoms with Crippen molar-refractivity contribution in [3.8, 4) is 11.5 Å². The fourth-order valence-electron chi connectivity index (χ4n) is 3.50. The molecule has 0 amide bonds. The second-order valence-electron chi connectivity index (χ2n) is 5.53. The number of hydrogen-bond acceptors (Lipinski definition) is 5. The van der Waals surface area contributed by atoms with Crippen LogP contribution in [-0.2, 0) is 4.74 Å². The van der Waals surface area contributed by atoms with Crippen LogP contribution in [0.2, 0.25) is 0 Å². The largest absolute Gasteiger partial charge is 0.496 e. The summed E-state index contributed by atoms with van der Waals surface area (Å²) >= 11 is 0. The maximum absolute atomic E-state index is 12.3. The second kappa shape index (κ2) is 3.94. The van der Waals surface area contributed by atoms with Gasteiger partial charge in [-0.1, -0.05) is 12.2 Å². The van der Waals surface area contributed by atoms with Crippen molar-refractivity contribution < 1.29 is 18.6 Å². The first-order valence-corrected chi connectivity index (χ1v) is 7.15. The van der Waals surface area contributed by atoms with Crippen LogP contribution in [0.15, 0.2) is 27.6 Å². The number of ether oxygens (including phenoxy) is 3. The zero-order chi connectivity index (χ0) is 14.8. The molecule has 2 aliphatic heterocycles. The zero-order valence-electron chi connectivity index (χ0n) is 11.8. The van der Waals surface area contributed by atoms with Crippen LogP contribution in [0.1, 0.15) is 17.9 Å². The summed E-state index contributed by atoms with van der Waals surface area (Å²) in [5.74, 6) is 1.23. The van der Waals surface area contributed by atoms with Crippen molar-refractivity contribution in [1.29, 1.82) is 0 Å². The van der Waals surface area contributed by atoms with Gasteiger partial charge in [0, 0.05) is 6.07 Å². The molecular weight excluding hydrogens is 284 g/mol. The molecule has 110 valence electrons. The summed E-state index contributed by atoms with van der Waals surface area (Å²) in [4.78, 5) is 12.3. The molecular formula is C17H12O5. The Morgan fingerprint density at radius 2 is 2.14 bits per heavy atom. The van der Waals surface area contributed by atoms with E-state index in [2.05, 4.69) is 0 Å². The minimum Gasteiger partial charge on any atom is -0.496 e.